The van der Waals surface area contributed by atoms with Crippen molar-refractivity contribution in [3.05, 3.63) is 48.0 Å². The lowest BCUT2D eigenvalue weighted by Gasteiger charge is -2.29. The largest absolute Gasteiger partial charge is 0.461 e. The van der Waals surface area contributed by atoms with Gasteiger partial charge in [-0.1, -0.05) is 55.3 Å². The highest BCUT2D eigenvalue weighted by Gasteiger charge is 2.35. The molecule has 1 aromatic carbocycles. The number of nitrogens with one attached hydrogen (secondary N) is 2. The van der Waals surface area contributed by atoms with Crippen LogP contribution in [-0.4, -0.2) is 47.7 Å². The minimum absolute atomic E-state index is 0.0608. The summed E-state index contributed by atoms with van der Waals surface area (Å²) >= 11 is 0. The monoisotopic (exact) mass is 484 g/mol. The highest BCUT2D eigenvalue weighted by atomic mass is 16.5. The summed E-state index contributed by atoms with van der Waals surface area (Å²) in [5.74, 6) is -1.41. The van der Waals surface area contributed by atoms with Crippen molar-refractivity contribution in [3.63, 3.8) is 0 Å². The molecule has 3 atom stereocenters. The maximum Gasteiger partial charge on any atom is 0.309 e. The zero-order chi connectivity index (χ0) is 25.1. The van der Waals surface area contributed by atoms with Crippen molar-refractivity contribution in [2.45, 2.75) is 82.8 Å². The second-order valence-corrected chi connectivity index (χ2v) is 10.1. The van der Waals surface area contributed by atoms with Crippen molar-refractivity contribution in [3.8, 4) is 0 Å². The Bertz CT molecular complexity index is 863. The third-order valence-corrected chi connectivity index (χ3v) is 7.12. The summed E-state index contributed by atoms with van der Waals surface area (Å²) in [7, 11) is 0. The van der Waals surface area contributed by atoms with Gasteiger partial charge in [0.05, 0.1) is 30.5 Å². The van der Waals surface area contributed by atoms with Crippen molar-refractivity contribution in [2.24, 2.45) is 11.8 Å². The fraction of sp³-hybridized carbons (Fsp3) is 0.607. The number of allylic oxidation sites excluding steroid dienone is 2. The van der Waals surface area contributed by atoms with E-state index in [2.05, 4.69) is 10.6 Å². The number of ether oxygens (including phenoxy) is 1. The van der Waals surface area contributed by atoms with Gasteiger partial charge in [0.25, 0.3) is 0 Å². The molecule has 3 rings (SSSR count). The molecule has 0 spiro atoms. The number of benzene rings is 1. The van der Waals surface area contributed by atoms with Crippen LogP contribution in [0.1, 0.15) is 70.3 Å². The van der Waals surface area contributed by atoms with Gasteiger partial charge in [-0.25, -0.2) is 0 Å². The van der Waals surface area contributed by atoms with Crippen molar-refractivity contribution in [2.75, 3.05) is 13.2 Å². The first-order chi connectivity index (χ1) is 16.9. The summed E-state index contributed by atoms with van der Waals surface area (Å²) in [6, 6.07) is 9.94. The SMILES string of the molecule is C[C@H]1CNC(=O)[C@@H](CC(=O)NC2(CO)CCCC2)CC=CCCC[C@H](Cc2ccccc2)C(=O)O1. The number of rotatable bonds is 6. The molecule has 1 aromatic rings. The Hall–Kier alpha value is -2.67. The van der Waals surface area contributed by atoms with E-state index in [-0.39, 0.29) is 43.3 Å². The minimum Gasteiger partial charge on any atom is -0.461 e. The molecule has 1 aliphatic heterocycles. The quantitative estimate of drug-likeness (QED) is 0.424. The third-order valence-electron chi connectivity index (χ3n) is 7.12. The van der Waals surface area contributed by atoms with Crippen LogP contribution in [0.25, 0.3) is 0 Å². The lowest BCUT2D eigenvalue weighted by molar-refractivity contribution is -0.153. The van der Waals surface area contributed by atoms with Gasteiger partial charge >= 0.3 is 5.97 Å². The molecule has 0 unspecified atom stereocenters. The second-order valence-electron chi connectivity index (χ2n) is 10.1. The molecule has 1 aliphatic carbocycles. The molecule has 0 bridgehead atoms. The van der Waals surface area contributed by atoms with E-state index in [0.717, 1.165) is 50.5 Å². The molecule has 2 aliphatic rings. The zero-order valence-electron chi connectivity index (χ0n) is 20.8. The van der Waals surface area contributed by atoms with Gasteiger partial charge in [-0.2, -0.15) is 0 Å². The predicted octanol–water partition coefficient (Wildman–Crippen LogP) is 3.45. The van der Waals surface area contributed by atoms with Gasteiger partial charge < -0.3 is 20.5 Å². The molecule has 7 heteroatoms. The highest BCUT2D eigenvalue weighted by molar-refractivity contribution is 5.86. The van der Waals surface area contributed by atoms with Crippen LogP contribution in [0.15, 0.2) is 42.5 Å². The van der Waals surface area contributed by atoms with Gasteiger partial charge in [0.15, 0.2) is 0 Å². The predicted molar refractivity (Wildman–Crippen MR) is 134 cm³/mol. The zero-order valence-corrected chi connectivity index (χ0v) is 20.8. The first-order valence-corrected chi connectivity index (χ1v) is 13.0. The Morgan fingerprint density at radius 3 is 2.57 bits per heavy atom. The number of cyclic esters (lactones) is 1. The van der Waals surface area contributed by atoms with Crippen LogP contribution in [0.4, 0.5) is 0 Å². The molecule has 0 radical (unpaired) electrons. The van der Waals surface area contributed by atoms with E-state index >= 15 is 0 Å². The van der Waals surface area contributed by atoms with E-state index in [0.29, 0.717) is 12.8 Å². The molecule has 7 nitrogen and oxygen atoms in total. The first kappa shape index (κ1) is 26.9. The lowest BCUT2D eigenvalue weighted by Crippen LogP contribution is -2.50. The fourth-order valence-corrected chi connectivity index (χ4v) is 5.02. The molecule has 192 valence electrons. The van der Waals surface area contributed by atoms with E-state index < -0.39 is 17.6 Å². The molecular formula is C28H40N2O5. The average molecular weight is 485 g/mol. The van der Waals surface area contributed by atoms with Crippen molar-refractivity contribution < 1.29 is 24.2 Å². The summed E-state index contributed by atoms with van der Waals surface area (Å²) in [6.07, 6.45) is 10.6. The number of carbonyl (C=O) groups excluding carboxylic acids is 3. The number of esters is 1. The van der Waals surface area contributed by atoms with Crippen molar-refractivity contribution >= 4 is 17.8 Å². The Kier molecular flexibility index (Phi) is 10.3. The van der Waals surface area contributed by atoms with Crippen LogP contribution in [0, 0.1) is 11.8 Å². The summed E-state index contributed by atoms with van der Waals surface area (Å²) in [6.45, 7) is 1.89. The van der Waals surface area contributed by atoms with Gasteiger partial charge in [-0.05, 0) is 57.4 Å². The Balaban J connectivity index is 1.61. The van der Waals surface area contributed by atoms with Crippen molar-refractivity contribution in [1.29, 1.82) is 0 Å². The summed E-state index contributed by atoms with van der Waals surface area (Å²) in [5.41, 5.74) is 0.554. The third kappa shape index (κ3) is 8.49. The molecule has 1 heterocycles. The van der Waals surface area contributed by atoms with Crippen molar-refractivity contribution in [1.82, 2.24) is 10.6 Å². The average Bonchev–Trinajstić information content (AvgIpc) is 3.31. The highest BCUT2D eigenvalue weighted by Crippen LogP contribution is 2.29. The van der Waals surface area contributed by atoms with Gasteiger partial charge in [-0.15, -0.1) is 0 Å². The summed E-state index contributed by atoms with van der Waals surface area (Å²) < 4.78 is 5.68. The maximum absolute atomic E-state index is 12.9. The van der Waals surface area contributed by atoms with Crippen LogP contribution >= 0.6 is 0 Å². The normalized spacial score (nSPS) is 25.8. The van der Waals surface area contributed by atoms with Crippen LogP contribution in [0.5, 0.6) is 0 Å². The topological polar surface area (TPSA) is 105 Å². The van der Waals surface area contributed by atoms with Crippen LogP contribution in [0.2, 0.25) is 0 Å². The summed E-state index contributed by atoms with van der Waals surface area (Å²) in [4.78, 5) is 38.6. The maximum atomic E-state index is 12.9. The fourth-order valence-electron chi connectivity index (χ4n) is 5.02. The van der Waals surface area contributed by atoms with E-state index in [4.69, 9.17) is 4.74 Å². The summed E-state index contributed by atoms with van der Waals surface area (Å²) in [5, 5.41) is 15.6. The van der Waals surface area contributed by atoms with Gasteiger partial charge in [0.2, 0.25) is 11.8 Å². The van der Waals surface area contributed by atoms with E-state index in [9.17, 15) is 19.5 Å². The molecule has 1 saturated carbocycles. The minimum atomic E-state index is -0.552. The molecule has 0 aromatic heterocycles. The van der Waals surface area contributed by atoms with E-state index in [1.54, 1.807) is 6.92 Å². The Labute approximate surface area is 208 Å². The molecular weight excluding hydrogens is 444 g/mol. The van der Waals surface area contributed by atoms with Gasteiger partial charge in [0.1, 0.15) is 6.10 Å². The second kappa shape index (κ2) is 13.4. The lowest BCUT2D eigenvalue weighted by atomic mass is 9.93. The number of hydrogen-bond donors (Lipinski definition) is 3. The van der Waals surface area contributed by atoms with Crippen LogP contribution < -0.4 is 10.6 Å². The van der Waals surface area contributed by atoms with Gasteiger partial charge in [-0.3, -0.25) is 14.4 Å². The molecule has 1 fully saturated rings. The Morgan fingerprint density at radius 1 is 1.11 bits per heavy atom. The first-order valence-electron chi connectivity index (χ1n) is 13.0. The van der Waals surface area contributed by atoms with E-state index in [1.165, 1.54) is 0 Å². The standard InChI is InChI=1S/C28H40N2O5/c1-21-19-29-26(33)23(18-25(32)30-28(20-31)15-9-10-16-28)13-7-2-3-8-14-24(27(34)35-21)17-22-11-5-4-6-12-22/h2,4-7,11-12,21,23-24,31H,3,8-10,13-20H2,1H3,(H,29,33)(H,30,32)/t21-,23+,24+/m0/s1. The van der Waals surface area contributed by atoms with E-state index in [1.807, 2.05) is 42.5 Å². The number of aliphatic hydroxyl groups is 1. The number of hydrogen-bond acceptors (Lipinski definition) is 5. The number of aliphatic hydroxyl groups excluding tert-OH is 1. The Morgan fingerprint density at radius 2 is 1.86 bits per heavy atom. The number of carbonyl (C=O) groups is 3. The van der Waals surface area contributed by atoms with Crippen LogP contribution in [-0.2, 0) is 25.5 Å². The molecule has 0 saturated heterocycles. The number of amides is 2. The van der Waals surface area contributed by atoms with Crippen LogP contribution in [0.3, 0.4) is 0 Å². The molecule has 35 heavy (non-hydrogen) atoms. The molecule has 2 amide bonds. The molecule has 3 N–H and O–H groups in total. The smallest absolute Gasteiger partial charge is 0.309 e. The van der Waals surface area contributed by atoms with Gasteiger partial charge in [0, 0.05) is 6.42 Å².